The van der Waals surface area contributed by atoms with Crippen LogP contribution >= 0.6 is 0 Å². The third-order valence-electron chi connectivity index (χ3n) is 5.69. The Labute approximate surface area is 165 Å². The number of hydrogen-bond donors (Lipinski definition) is 0. The maximum Gasteiger partial charge on any atom is 0.272 e. The summed E-state index contributed by atoms with van der Waals surface area (Å²) in [6.07, 6.45) is 1.49. The molecule has 7 nitrogen and oxygen atoms in total. The van der Waals surface area contributed by atoms with Crippen LogP contribution in [-0.4, -0.2) is 73.3 Å². The van der Waals surface area contributed by atoms with Crippen LogP contribution in [-0.2, 0) is 4.74 Å². The Balaban J connectivity index is 1.42. The van der Waals surface area contributed by atoms with E-state index in [0.29, 0.717) is 32.0 Å². The minimum absolute atomic E-state index is 0.0162. The number of rotatable bonds is 3. The molecule has 2 aliphatic rings. The summed E-state index contributed by atoms with van der Waals surface area (Å²) < 4.78 is 5.39. The smallest absolute Gasteiger partial charge is 0.272 e. The normalized spacial score (nSPS) is 17.7. The fourth-order valence-corrected chi connectivity index (χ4v) is 3.82. The first kappa shape index (κ1) is 18.7. The molecule has 4 rings (SSSR count). The van der Waals surface area contributed by atoms with Gasteiger partial charge in [0.25, 0.3) is 5.91 Å². The number of anilines is 2. The number of amides is 1. The third-order valence-corrected chi connectivity index (χ3v) is 5.69. The van der Waals surface area contributed by atoms with E-state index in [1.807, 2.05) is 11.0 Å². The van der Waals surface area contributed by atoms with E-state index >= 15 is 0 Å². The van der Waals surface area contributed by atoms with Crippen LogP contribution in [0.1, 0.15) is 21.6 Å². The zero-order valence-corrected chi connectivity index (χ0v) is 16.6. The van der Waals surface area contributed by atoms with Gasteiger partial charge < -0.3 is 19.4 Å². The van der Waals surface area contributed by atoms with E-state index in [-0.39, 0.29) is 5.91 Å². The molecule has 0 spiro atoms. The van der Waals surface area contributed by atoms with Gasteiger partial charge in [0.15, 0.2) is 0 Å². The van der Waals surface area contributed by atoms with Gasteiger partial charge in [-0.15, -0.1) is 0 Å². The Hall–Kier alpha value is -2.67. The second-order valence-electron chi connectivity index (χ2n) is 7.36. The van der Waals surface area contributed by atoms with Crippen LogP contribution in [0, 0.1) is 13.8 Å². The molecule has 0 bridgehead atoms. The summed E-state index contributed by atoms with van der Waals surface area (Å²) in [5.74, 6) is 0.785. The summed E-state index contributed by atoms with van der Waals surface area (Å²) in [4.78, 5) is 28.0. The molecule has 0 aliphatic carbocycles. The highest BCUT2D eigenvalue weighted by molar-refractivity contribution is 5.93. The molecule has 2 aromatic rings. The van der Waals surface area contributed by atoms with Crippen molar-refractivity contribution in [2.24, 2.45) is 0 Å². The highest BCUT2D eigenvalue weighted by Gasteiger charge is 2.25. The molecule has 0 unspecified atom stereocenters. The highest BCUT2D eigenvalue weighted by atomic mass is 16.5. The van der Waals surface area contributed by atoms with Crippen molar-refractivity contribution < 1.29 is 9.53 Å². The molecule has 28 heavy (non-hydrogen) atoms. The van der Waals surface area contributed by atoms with Gasteiger partial charge in [-0.1, -0.05) is 12.1 Å². The monoisotopic (exact) mass is 381 g/mol. The Kier molecular flexibility index (Phi) is 5.43. The minimum atomic E-state index is -0.0162. The van der Waals surface area contributed by atoms with Crippen LogP contribution in [0.2, 0.25) is 0 Å². The Morgan fingerprint density at radius 2 is 1.71 bits per heavy atom. The van der Waals surface area contributed by atoms with E-state index in [1.54, 1.807) is 0 Å². The Morgan fingerprint density at radius 3 is 2.46 bits per heavy atom. The standard InChI is InChI=1S/C21H27N5O2/c1-16-4-3-5-19(17(16)2)24-6-8-26(9-7-24)21(27)18-14-20(23-15-22-18)25-10-12-28-13-11-25/h3-5,14-15H,6-13H2,1-2H3. The van der Waals surface area contributed by atoms with Crippen molar-refractivity contribution >= 4 is 17.4 Å². The summed E-state index contributed by atoms with van der Waals surface area (Å²) in [6.45, 7) is 10.3. The van der Waals surface area contributed by atoms with Gasteiger partial charge in [-0.2, -0.15) is 0 Å². The van der Waals surface area contributed by atoms with Crippen LogP contribution < -0.4 is 9.80 Å². The average Bonchev–Trinajstić information content (AvgIpc) is 2.76. The lowest BCUT2D eigenvalue weighted by Crippen LogP contribution is -2.49. The van der Waals surface area contributed by atoms with Gasteiger partial charge in [0.1, 0.15) is 17.8 Å². The van der Waals surface area contributed by atoms with E-state index in [4.69, 9.17) is 4.74 Å². The molecule has 148 valence electrons. The van der Waals surface area contributed by atoms with E-state index in [2.05, 4.69) is 51.8 Å². The maximum absolute atomic E-state index is 13.0. The zero-order chi connectivity index (χ0) is 19.5. The number of hydrogen-bond acceptors (Lipinski definition) is 6. The van der Waals surface area contributed by atoms with Crippen molar-refractivity contribution in [2.75, 3.05) is 62.3 Å². The quantitative estimate of drug-likeness (QED) is 0.809. The molecule has 0 atom stereocenters. The summed E-state index contributed by atoms with van der Waals surface area (Å²) in [7, 11) is 0. The molecule has 1 aromatic carbocycles. The largest absolute Gasteiger partial charge is 0.378 e. The lowest BCUT2D eigenvalue weighted by atomic mass is 10.1. The van der Waals surface area contributed by atoms with Gasteiger partial charge in [0.05, 0.1) is 13.2 Å². The van der Waals surface area contributed by atoms with Crippen molar-refractivity contribution in [3.8, 4) is 0 Å². The summed E-state index contributed by atoms with van der Waals surface area (Å²) in [5, 5.41) is 0. The van der Waals surface area contributed by atoms with Crippen molar-refractivity contribution in [3.63, 3.8) is 0 Å². The summed E-state index contributed by atoms with van der Waals surface area (Å²) >= 11 is 0. The molecule has 1 aromatic heterocycles. The van der Waals surface area contributed by atoms with Crippen molar-refractivity contribution in [3.05, 3.63) is 47.4 Å². The number of carbonyl (C=O) groups is 1. The fraction of sp³-hybridized carbons (Fsp3) is 0.476. The van der Waals surface area contributed by atoms with E-state index in [1.165, 1.54) is 23.1 Å². The van der Waals surface area contributed by atoms with Crippen LogP contribution in [0.3, 0.4) is 0 Å². The lowest BCUT2D eigenvalue weighted by Gasteiger charge is -2.37. The fourth-order valence-electron chi connectivity index (χ4n) is 3.82. The SMILES string of the molecule is Cc1cccc(N2CCN(C(=O)c3cc(N4CCOCC4)ncn3)CC2)c1C. The zero-order valence-electron chi connectivity index (χ0n) is 16.6. The molecule has 2 aliphatic heterocycles. The van der Waals surface area contributed by atoms with Gasteiger partial charge in [0, 0.05) is 51.0 Å². The average molecular weight is 381 g/mol. The predicted octanol–water partition coefficient (Wildman–Crippen LogP) is 1.89. The number of ether oxygens (including phenoxy) is 1. The molecule has 7 heteroatoms. The Morgan fingerprint density at radius 1 is 0.964 bits per heavy atom. The number of aryl methyl sites for hydroxylation is 1. The van der Waals surface area contributed by atoms with Gasteiger partial charge in [0.2, 0.25) is 0 Å². The van der Waals surface area contributed by atoms with Crippen LogP contribution in [0.5, 0.6) is 0 Å². The van der Waals surface area contributed by atoms with Crippen LogP contribution in [0.4, 0.5) is 11.5 Å². The van der Waals surface area contributed by atoms with Crippen LogP contribution in [0.15, 0.2) is 30.6 Å². The number of carbonyl (C=O) groups excluding carboxylic acids is 1. The third kappa shape index (κ3) is 3.80. The van der Waals surface area contributed by atoms with E-state index in [9.17, 15) is 4.79 Å². The number of aromatic nitrogens is 2. The van der Waals surface area contributed by atoms with Gasteiger partial charge >= 0.3 is 0 Å². The summed E-state index contributed by atoms with van der Waals surface area (Å²) in [6, 6.07) is 8.21. The first-order chi connectivity index (χ1) is 13.6. The molecule has 2 saturated heterocycles. The lowest BCUT2D eigenvalue weighted by molar-refractivity contribution is 0.0740. The van der Waals surface area contributed by atoms with Crippen molar-refractivity contribution in [2.45, 2.75) is 13.8 Å². The van der Waals surface area contributed by atoms with E-state index < -0.39 is 0 Å². The maximum atomic E-state index is 13.0. The molecule has 0 saturated carbocycles. The molecule has 2 fully saturated rings. The van der Waals surface area contributed by atoms with Gasteiger partial charge in [-0.3, -0.25) is 4.79 Å². The first-order valence-electron chi connectivity index (χ1n) is 9.88. The number of piperazine rings is 1. The molecule has 1 amide bonds. The van der Waals surface area contributed by atoms with Gasteiger partial charge in [-0.05, 0) is 31.0 Å². The minimum Gasteiger partial charge on any atom is -0.378 e. The summed E-state index contributed by atoms with van der Waals surface area (Å²) in [5.41, 5.74) is 4.35. The van der Waals surface area contributed by atoms with Crippen molar-refractivity contribution in [1.82, 2.24) is 14.9 Å². The number of benzene rings is 1. The topological polar surface area (TPSA) is 61.8 Å². The molecule has 0 N–H and O–H groups in total. The number of nitrogens with zero attached hydrogens (tertiary/aromatic N) is 5. The first-order valence-corrected chi connectivity index (χ1v) is 9.88. The second kappa shape index (κ2) is 8.14. The Bertz CT molecular complexity index is 842. The molecular formula is C21H27N5O2. The van der Waals surface area contributed by atoms with E-state index in [0.717, 1.165) is 32.0 Å². The molecule has 0 radical (unpaired) electrons. The van der Waals surface area contributed by atoms with Gasteiger partial charge in [-0.25, -0.2) is 9.97 Å². The molecule has 3 heterocycles. The highest BCUT2D eigenvalue weighted by Crippen LogP contribution is 2.24. The van der Waals surface area contributed by atoms with Crippen LogP contribution in [0.25, 0.3) is 0 Å². The second-order valence-corrected chi connectivity index (χ2v) is 7.36. The number of morpholine rings is 1. The van der Waals surface area contributed by atoms with Crippen molar-refractivity contribution in [1.29, 1.82) is 0 Å². The molecular weight excluding hydrogens is 354 g/mol. The predicted molar refractivity (Wildman–Crippen MR) is 109 cm³/mol.